The molecule has 0 unspecified atom stereocenters. The van der Waals surface area contributed by atoms with Gasteiger partial charge in [-0.25, -0.2) is 9.97 Å². The summed E-state index contributed by atoms with van der Waals surface area (Å²) >= 11 is 5.91. The quantitative estimate of drug-likeness (QED) is 0.889. The molecule has 0 spiro atoms. The minimum Gasteiger partial charge on any atom is -0.373 e. The largest absolute Gasteiger partial charge is 0.373 e. The Kier molecular flexibility index (Phi) is 3.49. The summed E-state index contributed by atoms with van der Waals surface area (Å²) in [5.41, 5.74) is 1.99. The van der Waals surface area contributed by atoms with Gasteiger partial charge in [-0.15, -0.1) is 0 Å². The molecule has 0 amide bonds. The number of hydrogen-bond acceptors (Lipinski definition) is 4. The van der Waals surface area contributed by atoms with Crippen LogP contribution >= 0.6 is 11.6 Å². The van der Waals surface area contributed by atoms with Gasteiger partial charge in [0.1, 0.15) is 17.5 Å². The predicted molar refractivity (Wildman–Crippen MR) is 83.0 cm³/mol. The van der Waals surface area contributed by atoms with E-state index in [1.165, 1.54) is 12.8 Å². The molecule has 0 saturated heterocycles. The summed E-state index contributed by atoms with van der Waals surface area (Å²) in [7, 11) is 1.89. The molecule has 2 N–H and O–H groups in total. The van der Waals surface area contributed by atoms with Gasteiger partial charge in [-0.1, -0.05) is 11.6 Å². The summed E-state index contributed by atoms with van der Waals surface area (Å²) in [6, 6.07) is 7.61. The van der Waals surface area contributed by atoms with E-state index in [1.807, 2.05) is 38.2 Å². The summed E-state index contributed by atoms with van der Waals surface area (Å²) in [4.78, 5) is 9.25. The average molecular weight is 289 g/mol. The first-order valence-corrected chi connectivity index (χ1v) is 7.14. The molecule has 3 rings (SSSR count). The molecule has 1 saturated carbocycles. The van der Waals surface area contributed by atoms with Gasteiger partial charge in [-0.2, -0.15) is 0 Å². The van der Waals surface area contributed by atoms with Crippen LogP contribution in [0.2, 0.25) is 5.02 Å². The van der Waals surface area contributed by atoms with Gasteiger partial charge >= 0.3 is 0 Å². The molecule has 0 radical (unpaired) electrons. The Morgan fingerprint density at radius 1 is 1.10 bits per heavy atom. The van der Waals surface area contributed by atoms with Gasteiger partial charge in [-0.05, 0) is 44.0 Å². The van der Waals surface area contributed by atoms with Gasteiger partial charge in [0.15, 0.2) is 0 Å². The van der Waals surface area contributed by atoms with E-state index in [9.17, 15) is 0 Å². The average Bonchev–Trinajstić information content (AvgIpc) is 3.28. The molecule has 5 heteroatoms. The molecular weight excluding hydrogens is 272 g/mol. The maximum Gasteiger partial charge on any atom is 0.139 e. The minimum atomic E-state index is 0.522. The van der Waals surface area contributed by atoms with E-state index >= 15 is 0 Å². The third kappa shape index (κ3) is 2.70. The van der Waals surface area contributed by atoms with Crippen LogP contribution in [0.25, 0.3) is 0 Å². The molecule has 1 aliphatic rings. The molecule has 0 atom stereocenters. The van der Waals surface area contributed by atoms with Crippen molar-refractivity contribution in [3.05, 3.63) is 40.7 Å². The van der Waals surface area contributed by atoms with Crippen molar-refractivity contribution < 1.29 is 0 Å². The molecular formula is C15H17ClN4. The van der Waals surface area contributed by atoms with Crippen molar-refractivity contribution in [2.45, 2.75) is 25.7 Å². The molecule has 104 valence electrons. The van der Waals surface area contributed by atoms with Gasteiger partial charge < -0.3 is 10.6 Å². The second-order valence-corrected chi connectivity index (χ2v) is 5.50. The summed E-state index contributed by atoms with van der Waals surface area (Å²) in [5, 5.41) is 7.22. The van der Waals surface area contributed by atoms with E-state index in [2.05, 4.69) is 20.6 Å². The van der Waals surface area contributed by atoms with Crippen molar-refractivity contribution in [1.82, 2.24) is 9.97 Å². The summed E-state index contributed by atoms with van der Waals surface area (Å²) < 4.78 is 0. The third-order valence-electron chi connectivity index (χ3n) is 3.45. The molecule has 4 nitrogen and oxygen atoms in total. The highest BCUT2D eigenvalue weighted by molar-refractivity contribution is 6.30. The number of hydrogen-bond donors (Lipinski definition) is 2. The molecule has 1 heterocycles. The van der Waals surface area contributed by atoms with Crippen LogP contribution in [0.1, 0.15) is 30.1 Å². The maximum absolute atomic E-state index is 5.91. The van der Waals surface area contributed by atoms with Gasteiger partial charge in [0, 0.05) is 29.2 Å². The topological polar surface area (TPSA) is 49.8 Å². The van der Waals surface area contributed by atoms with Crippen LogP contribution in [-0.4, -0.2) is 17.0 Å². The van der Waals surface area contributed by atoms with Crippen molar-refractivity contribution in [1.29, 1.82) is 0 Å². The summed E-state index contributed by atoms with van der Waals surface area (Å²) in [5.74, 6) is 3.19. The SMILES string of the molecule is CNc1nc(C2CC2)nc(Nc2ccc(Cl)cc2)c1C. The Labute approximate surface area is 123 Å². The number of anilines is 3. The zero-order chi connectivity index (χ0) is 14.1. The van der Waals surface area contributed by atoms with Gasteiger partial charge in [0.05, 0.1) is 0 Å². The van der Waals surface area contributed by atoms with Crippen LogP contribution in [0.5, 0.6) is 0 Å². The second-order valence-electron chi connectivity index (χ2n) is 5.06. The lowest BCUT2D eigenvalue weighted by molar-refractivity contribution is 0.924. The summed E-state index contributed by atoms with van der Waals surface area (Å²) in [6.45, 7) is 2.01. The highest BCUT2D eigenvalue weighted by Crippen LogP contribution is 2.39. The monoisotopic (exact) mass is 288 g/mol. The zero-order valence-corrected chi connectivity index (χ0v) is 12.3. The molecule has 1 aromatic heterocycles. The summed E-state index contributed by atoms with van der Waals surface area (Å²) in [6.07, 6.45) is 2.37. The standard InChI is InChI=1S/C15H17ClN4/c1-9-13(17-2)19-15(10-3-4-10)20-14(9)18-12-7-5-11(16)6-8-12/h5-8,10H,3-4H2,1-2H3,(H2,17,18,19,20). The van der Waals surface area contributed by atoms with E-state index in [4.69, 9.17) is 11.6 Å². The lowest BCUT2D eigenvalue weighted by Gasteiger charge is -2.13. The van der Waals surface area contributed by atoms with E-state index < -0.39 is 0 Å². The highest BCUT2D eigenvalue weighted by Gasteiger charge is 2.28. The smallest absolute Gasteiger partial charge is 0.139 e. The molecule has 1 aromatic carbocycles. The maximum atomic E-state index is 5.91. The molecule has 1 aliphatic carbocycles. The van der Waals surface area contributed by atoms with Gasteiger partial charge in [-0.3, -0.25) is 0 Å². The Morgan fingerprint density at radius 3 is 2.35 bits per heavy atom. The third-order valence-corrected chi connectivity index (χ3v) is 3.70. The van der Waals surface area contributed by atoms with Crippen molar-refractivity contribution in [3.8, 4) is 0 Å². The fraction of sp³-hybridized carbons (Fsp3) is 0.333. The van der Waals surface area contributed by atoms with E-state index in [1.54, 1.807) is 0 Å². The Morgan fingerprint density at radius 2 is 1.75 bits per heavy atom. The van der Waals surface area contributed by atoms with Crippen molar-refractivity contribution in [2.75, 3.05) is 17.7 Å². The predicted octanol–water partition coefficient (Wildman–Crippen LogP) is 4.10. The first kappa shape index (κ1) is 13.2. The number of halogens is 1. The Hall–Kier alpha value is -1.81. The molecule has 20 heavy (non-hydrogen) atoms. The highest BCUT2D eigenvalue weighted by atomic mass is 35.5. The van der Waals surface area contributed by atoms with Crippen molar-refractivity contribution in [3.63, 3.8) is 0 Å². The number of benzene rings is 1. The lowest BCUT2D eigenvalue weighted by Crippen LogP contribution is -2.06. The molecule has 1 fully saturated rings. The fourth-order valence-corrected chi connectivity index (χ4v) is 2.22. The lowest BCUT2D eigenvalue weighted by atomic mass is 10.2. The van der Waals surface area contributed by atoms with Gasteiger partial charge in [0.25, 0.3) is 0 Å². The fourth-order valence-electron chi connectivity index (χ4n) is 2.09. The number of aromatic nitrogens is 2. The van der Waals surface area contributed by atoms with Crippen LogP contribution in [-0.2, 0) is 0 Å². The second kappa shape index (κ2) is 5.29. The van der Waals surface area contributed by atoms with Crippen molar-refractivity contribution >= 4 is 28.9 Å². The van der Waals surface area contributed by atoms with Crippen LogP contribution in [0.4, 0.5) is 17.3 Å². The van der Waals surface area contributed by atoms with Gasteiger partial charge in [0.2, 0.25) is 0 Å². The molecule has 2 aromatic rings. The van der Waals surface area contributed by atoms with E-state index in [-0.39, 0.29) is 0 Å². The zero-order valence-electron chi connectivity index (χ0n) is 11.6. The first-order valence-electron chi connectivity index (χ1n) is 6.76. The van der Waals surface area contributed by atoms with Crippen LogP contribution < -0.4 is 10.6 Å². The molecule has 0 aliphatic heterocycles. The first-order chi connectivity index (χ1) is 9.67. The number of nitrogens with zero attached hydrogens (tertiary/aromatic N) is 2. The van der Waals surface area contributed by atoms with Crippen LogP contribution in [0.3, 0.4) is 0 Å². The van der Waals surface area contributed by atoms with Crippen LogP contribution in [0.15, 0.2) is 24.3 Å². The molecule has 0 bridgehead atoms. The Balaban J connectivity index is 1.94. The Bertz CT molecular complexity index is 621. The van der Waals surface area contributed by atoms with E-state index in [0.717, 1.165) is 33.7 Å². The van der Waals surface area contributed by atoms with E-state index in [0.29, 0.717) is 5.92 Å². The van der Waals surface area contributed by atoms with Crippen molar-refractivity contribution in [2.24, 2.45) is 0 Å². The number of rotatable bonds is 4. The minimum absolute atomic E-state index is 0.522. The van der Waals surface area contributed by atoms with Crippen LogP contribution in [0, 0.1) is 6.92 Å². The number of nitrogens with one attached hydrogen (secondary N) is 2. The normalized spacial score (nSPS) is 14.2.